The van der Waals surface area contributed by atoms with E-state index in [0.29, 0.717) is 0 Å². The van der Waals surface area contributed by atoms with Gasteiger partial charge in [-0.2, -0.15) is 0 Å². The van der Waals surface area contributed by atoms with E-state index in [1.54, 1.807) is 0 Å². The van der Waals surface area contributed by atoms with E-state index in [2.05, 4.69) is 11.9 Å². The summed E-state index contributed by atoms with van der Waals surface area (Å²) in [4.78, 5) is 2.61. The summed E-state index contributed by atoms with van der Waals surface area (Å²) < 4.78 is 5.89. The summed E-state index contributed by atoms with van der Waals surface area (Å²) in [5.41, 5.74) is 0. The molecule has 0 amide bonds. The van der Waals surface area contributed by atoms with Crippen LogP contribution in [-0.4, -0.2) is 42.3 Å². The molecule has 2 saturated heterocycles. The minimum Gasteiger partial charge on any atom is -0.364 e. The van der Waals surface area contributed by atoms with Gasteiger partial charge in [-0.1, -0.05) is 0 Å². The molecular weight excluding hydrogens is 170 g/mol. The maximum atomic E-state index is 5.89. The van der Waals surface area contributed by atoms with Crippen LogP contribution in [0.1, 0.15) is 19.3 Å². The zero-order valence-corrected chi connectivity index (χ0v) is 8.53. The molecule has 2 aliphatic rings. The van der Waals surface area contributed by atoms with Crippen LogP contribution in [0, 0.1) is 0 Å². The molecule has 0 aromatic rings. The number of nitrogens with zero attached hydrogens (tertiary/aromatic N) is 1. The van der Waals surface area contributed by atoms with Crippen molar-refractivity contribution in [2.75, 3.05) is 32.5 Å². The van der Waals surface area contributed by atoms with Crippen molar-refractivity contribution in [3.8, 4) is 0 Å². The third kappa shape index (κ3) is 1.78. The molecule has 12 heavy (non-hydrogen) atoms. The summed E-state index contributed by atoms with van der Waals surface area (Å²) in [6, 6.07) is 0. The summed E-state index contributed by atoms with van der Waals surface area (Å²) in [7, 11) is 2.19. The number of thioether (sulfide) groups is 1. The zero-order valence-electron chi connectivity index (χ0n) is 7.71. The molecule has 3 heteroatoms. The summed E-state index contributed by atoms with van der Waals surface area (Å²) >= 11 is 2.04. The van der Waals surface area contributed by atoms with E-state index < -0.39 is 0 Å². The second kappa shape index (κ2) is 3.56. The van der Waals surface area contributed by atoms with Gasteiger partial charge in [0.15, 0.2) is 0 Å². The van der Waals surface area contributed by atoms with E-state index in [1.807, 2.05) is 11.8 Å². The van der Waals surface area contributed by atoms with Crippen LogP contribution in [0.25, 0.3) is 0 Å². The summed E-state index contributed by atoms with van der Waals surface area (Å²) in [6.07, 6.45) is 3.67. The van der Waals surface area contributed by atoms with Crippen LogP contribution in [0.4, 0.5) is 0 Å². The molecule has 2 rings (SSSR count). The fourth-order valence-corrected chi connectivity index (χ4v) is 3.14. The summed E-state index contributed by atoms with van der Waals surface area (Å²) in [5, 5.41) is 0. The van der Waals surface area contributed by atoms with Crippen LogP contribution in [0.2, 0.25) is 0 Å². The first-order valence-electron chi connectivity index (χ1n) is 4.77. The molecule has 2 aliphatic heterocycles. The second-order valence-electron chi connectivity index (χ2n) is 3.76. The van der Waals surface area contributed by atoms with Gasteiger partial charge in [0.1, 0.15) is 4.93 Å². The largest absolute Gasteiger partial charge is 0.364 e. The lowest BCUT2D eigenvalue weighted by Crippen LogP contribution is -2.44. The first-order chi connectivity index (χ1) is 5.81. The molecule has 0 unspecified atom stereocenters. The van der Waals surface area contributed by atoms with Gasteiger partial charge in [0.05, 0.1) is 0 Å². The van der Waals surface area contributed by atoms with Crippen molar-refractivity contribution in [3.63, 3.8) is 0 Å². The molecule has 0 radical (unpaired) electrons. The SMILES string of the molecule is CN1CCC2(CC1)OCCCS2. The highest BCUT2D eigenvalue weighted by Crippen LogP contribution is 2.39. The Hall–Kier alpha value is 0.270. The predicted octanol–water partition coefficient (Wildman–Crippen LogP) is 1.56. The molecule has 0 aromatic carbocycles. The Bertz CT molecular complexity index is 147. The van der Waals surface area contributed by atoms with Crippen molar-refractivity contribution < 1.29 is 4.74 Å². The van der Waals surface area contributed by atoms with E-state index in [-0.39, 0.29) is 4.93 Å². The van der Waals surface area contributed by atoms with Gasteiger partial charge in [0, 0.05) is 19.7 Å². The van der Waals surface area contributed by atoms with Crippen molar-refractivity contribution in [1.82, 2.24) is 4.90 Å². The maximum Gasteiger partial charge on any atom is 0.116 e. The van der Waals surface area contributed by atoms with Crippen LogP contribution in [0.15, 0.2) is 0 Å². The van der Waals surface area contributed by atoms with Crippen molar-refractivity contribution in [2.24, 2.45) is 0 Å². The van der Waals surface area contributed by atoms with Crippen molar-refractivity contribution in [1.29, 1.82) is 0 Å². The molecule has 2 fully saturated rings. The first kappa shape index (κ1) is 8.85. The highest BCUT2D eigenvalue weighted by atomic mass is 32.2. The van der Waals surface area contributed by atoms with Gasteiger partial charge in [0.25, 0.3) is 0 Å². The third-order valence-corrected chi connectivity index (χ3v) is 4.31. The van der Waals surface area contributed by atoms with Gasteiger partial charge < -0.3 is 9.64 Å². The van der Waals surface area contributed by atoms with Crippen molar-refractivity contribution >= 4 is 11.8 Å². The van der Waals surface area contributed by atoms with Crippen LogP contribution in [-0.2, 0) is 4.74 Å². The van der Waals surface area contributed by atoms with Crippen LogP contribution < -0.4 is 0 Å². The first-order valence-corrected chi connectivity index (χ1v) is 5.76. The van der Waals surface area contributed by atoms with Crippen LogP contribution >= 0.6 is 11.8 Å². The average Bonchev–Trinajstić information content (AvgIpc) is 2.13. The Morgan fingerprint density at radius 1 is 1.33 bits per heavy atom. The van der Waals surface area contributed by atoms with Crippen LogP contribution in [0.5, 0.6) is 0 Å². The Morgan fingerprint density at radius 2 is 2.08 bits per heavy atom. The van der Waals surface area contributed by atoms with E-state index in [4.69, 9.17) is 4.74 Å². The van der Waals surface area contributed by atoms with Gasteiger partial charge in [-0.05, 0) is 32.1 Å². The van der Waals surface area contributed by atoms with Gasteiger partial charge >= 0.3 is 0 Å². The number of ether oxygens (including phenoxy) is 1. The number of rotatable bonds is 0. The minimum absolute atomic E-state index is 0.213. The van der Waals surface area contributed by atoms with E-state index in [0.717, 1.165) is 6.61 Å². The molecule has 0 bridgehead atoms. The fraction of sp³-hybridized carbons (Fsp3) is 1.00. The topological polar surface area (TPSA) is 12.5 Å². The molecular formula is C9H17NOS. The molecule has 1 spiro atoms. The maximum absolute atomic E-state index is 5.89. The standard InChI is InChI=1S/C9H17NOS/c1-10-5-3-9(4-6-10)11-7-2-8-12-9/h2-8H2,1H3. The monoisotopic (exact) mass is 187 g/mol. The highest BCUT2D eigenvalue weighted by molar-refractivity contribution is 8.00. The number of hydrogen-bond donors (Lipinski definition) is 0. The lowest BCUT2D eigenvalue weighted by atomic mass is 10.1. The van der Waals surface area contributed by atoms with Crippen molar-refractivity contribution in [3.05, 3.63) is 0 Å². The number of likely N-dealkylation sites (tertiary alicyclic amines) is 1. The number of hydrogen-bond acceptors (Lipinski definition) is 3. The molecule has 2 heterocycles. The molecule has 70 valence electrons. The normalized spacial score (nSPS) is 30.8. The van der Waals surface area contributed by atoms with Gasteiger partial charge in [-0.15, -0.1) is 11.8 Å². The smallest absolute Gasteiger partial charge is 0.116 e. The highest BCUT2D eigenvalue weighted by Gasteiger charge is 2.36. The second-order valence-corrected chi connectivity index (χ2v) is 5.21. The van der Waals surface area contributed by atoms with Gasteiger partial charge in [0.2, 0.25) is 0 Å². The zero-order chi connectivity index (χ0) is 8.44. The van der Waals surface area contributed by atoms with E-state index in [9.17, 15) is 0 Å². The molecule has 0 aromatic heterocycles. The lowest BCUT2D eigenvalue weighted by molar-refractivity contribution is -0.0193. The predicted molar refractivity (Wildman–Crippen MR) is 52.5 cm³/mol. The minimum atomic E-state index is 0.213. The quantitative estimate of drug-likeness (QED) is 0.571. The Kier molecular flexibility index (Phi) is 2.63. The number of piperidine rings is 1. The molecule has 2 nitrogen and oxygen atoms in total. The summed E-state index contributed by atoms with van der Waals surface area (Å²) in [6.45, 7) is 3.39. The molecule has 0 saturated carbocycles. The Morgan fingerprint density at radius 3 is 2.67 bits per heavy atom. The fourth-order valence-electron chi connectivity index (χ4n) is 1.86. The van der Waals surface area contributed by atoms with Crippen molar-refractivity contribution in [2.45, 2.75) is 24.2 Å². The van der Waals surface area contributed by atoms with Crippen LogP contribution in [0.3, 0.4) is 0 Å². The molecule has 0 aliphatic carbocycles. The molecule has 0 atom stereocenters. The van der Waals surface area contributed by atoms with E-state index >= 15 is 0 Å². The lowest BCUT2D eigenvalue weighted by Gasteiger charge is -2.42. The van der Waals surface area contributed by atoms with E-state index in [1.165, 1.54) is 38.1 Å². The molecule has 0 N–H and O–H groups in total. The summed E-state index contributed by atoms with van der Waals surface area (Å²) in [5.74, 6) is 1.30. The Balaban J connectivity index is 1.92. The average molecular weight is 187 g/mol. The van der Waals surface area contributed by atoms with Gasteiger partial charge in [-0.25, -0.2) is 0 Å². The third-order valence-electron chi connectivity index (χ3n) is 2.77. The van der Waals surface area contributed by atoms with Gasteiger partial charge in [-0.3, -0.25) is 0 Å². The Labute approximate surface area is 78.6 Å².